The molecule has 3 aromatic rings. The maximum Gasteiger partial charge on any atom is 0.300 e. The molecule has 0 saturated carbocycles. The van der Waals surface area contributed by atoms with Crippen LogP contribution < -0.4 is 17.2 Å². The first-order valence-electron chi connectivity index (χ1n) is 16.4. The maximum absolute atomic E-state index is 9.00. The number of halogens is 1. The molecule has 0 aliphatic carbocycles. The summed E-state index contributed by atoms with van der Waals surface area (Å²) in [6.45, 7) is 22.4. The molecule has 0 saturated heterocycles. The molecule has 3 rings (SSSR count). The van der Waals surface area contributed by atoms with Crippen molar-refractivity contribution in [1.82, 2.24) is 45.0 Å². The Hall–Kier alpha value is -6.26. The molecule has 0 spiro atoms. The van der Waals surface area contributed by atoms with Gasteiger partial charge in [0.1, 0.15) is 0 Å². The average molecular weight is 924 g/mol. The number of aromatic nitrogens is 9. The predicted octanol–water partition coefficient (Wildman–Crippen LogP) is 6.10. The normalized spacial score (nSPS) is 6.93. The molecule has 27 heteroatoms. The Morgan fingerprint density at radius 3 is 1.02 bits per heavy atom. The molecule has 0 bridgehead atoms. The standard InChI is InChI=1S/2C5H10N4.C5H9N3.2C3H4.C2H6N4.2C2H5N3.2C2H4O2.3CH4.Cu.FH/c2*1-5-4-9(3-2-6)8-7-5;1-3-8-4-5(2)6-7-8;2*1-3-2;3-1-2-5-6-4;2*1-2-4-5-3;2*1-2(3)4;;;;;/h2*4H,2-3,6H2,1H3;4H,3H2,1-2H3;2*1H,2H3;1-3H2;2*2H2,1H3;2*1H3,(H,3,4);3*1H4;;1H. The number of nitrogens with two attached hydrogens (primary N) is 3. The summed E-state index contributed by atoms with van der Waals surface area (Å²) in [6, 6.07) is 0. The van der Waals surface area contributed by atoms with Crippen LogP contribution in [0.5, 0.6) is 0 Å². The molecule has 0 fully saturated rings. The molecule has 0 atom stereocenters. The van der Waals surface area contributed by atoms with Crippen molar-refractivity contribution in [2.45, 2.75) is 111 Å². The van der Waals surface area contributed by atoms with E-state index in [2.05, 4.69) is 85.7 Å². The molecule has 3 aromatic heterocycles. The number of hydrogen-bond donors (Lipinski definition) is 5. The van der Waals surface area contributed by atoms with Gasteiger partial charge in [0.05, 0.1) is 30.2 Å². The molecular formula is C34H74CuFN21O4. The minimum Gasteiger partial charge on any atom is -0.481 e. The Labute approximate surface area is 372 Å². The van der Waals surface area contributed by atoms with Crippen molar-refractivity contribution in [3.05, 3.63) is 67.0 Å². The Balaban J connectivity index is -0.0000000443. The monoisotopic (exact) mass is 923 g/mol. The Bertz CT molecular complexity index is 1460. The van der Waals surface area contributed by atoms with Crippen molar-refractivity contribution >= 4 is 11.9 Å². The van der Waals surface area contributed by atoms with Crippen LogP contribution in [0.3, 0.4) is 0 Å². The van der Waals surface area contributed by atoms with Crippen LogP contribution in [-0.2, 0) is 46.3 Å². The first-order valence-corrected chi connectivity index (χ1v) is 16.4. The minimum atomic E-state index is -0.833. The quantitative estimate of drug-likeness (QED) is 0.0533. The van der Waals surface area contributed by atoms with Gasteiger partial charge < -0.3 is 27.4 Å². The number of aryl methyl sites for hydroxylation is 4. The summed E-state index contributed by atoms with van der Waals surface area (Å²) in [4.78, 5) is 25.4. The SMILES string of the molecule is C.C.C.C#CC.C#CC.CC(=O)O.CC(=O)O.CCN=[N+]=[N-].CCN=[N+]=[N-].CCn1cc(C)nn1.Cc1cn(CCN)nn1.Cc1cn(CCN)nn1.F.[Cu].[N-]=[N+]=NCCN. The van der Waals surface area contributed by atoms with Gasteiger partial charge >= 0.3 is 0 Å². The van der Waals surface area contributed by atoms with E-state index >= 15 is 0 Å². The summed E-state index contributed by atoms with van der Waals surface area (Å²) < 4.78 is 5.26. The number of carboxylic acids is 2. The smallest absolute Gasteiger partial charge is 0.300 e. The minimum absolute atomic E-state index is 0. The molecular weight excluding hydrogens is 849 g/mol. The van der Waals surface area contributed by atoms with E-state index < -0.39 is 11.9 Å². The number of carboxylic acid groups (broad SMARTS) is 2. The number of terminal acetylenes is 2. The maximum atomic E-state index is 9.00. The Morgan fingerprint density at radius 1 is 0.672 bits per heavy atom. The molecule has 0 aromatic carbocycles. The van der Waals surface area contributed by atoms with E-state index in [4.69, 9.17) is 53.6 Å². The summed E-state index contributed by atoms with van der Waals surface area (Å²) in [5.41, 5.74) is 41.0. The topological polar surface area (TPSA) is 391 Å². The Kier molecular flexibility index (Phi) is 111. The van der Waals surface area contributed by atoms with Crippen molar-refractivity contribution in [2.75, 3.05) is 39.3 Å². The van der Waals surface area contributed by atoms with Gasteiger partial charge in [0.15, 0.2) is 0 Å². The van der Waals surface area contributed by atoms with Gasteiger partial charge in [-0.1, -0.05) is 67.1 Å². The summed E-state index contributed by atoms with van der Waals surface area (Å²) in [6.07, 6.45) is 14.8. The van der Waals surface area contributed by atoms with E-state index in [9.17, 15) is 0 Å². The molecule has 0 unspecified atom stereocenters. The molecule has 61 heavy (non-hydrogen) atoms. The number of azide groups is 3. The molecule has 25 nitrogen and oxygen atoms in total. The van der Waals surface area contributed by atoms with E-state index in [0.717, 1.165) is 50.6 Å². The predicted molar refractivity (Wildman–Crippen MR) is 239 cm³/mol. The molecule has 8 N–H and O–H groups in total. The van der Waals surface area contributed by atoms with Crippen molar-refractivity contribution in [1.29, 1.82) is 0 Å². The van der Waals surface area contributed by atoms with Crippen LogP contribution in [-0.4, -0.2) is 106 Å². The van der Waals surface area contributed by atoms with Gasteiger partial charge in [0, 0.05) is 104 Å². The second kappa shape index (κ2) is 78.1. The zero-order valence-corrected chi connectivity index (χ0v) is 35.9. The fourth-order valence-corrected chi connectivity index (χ4v) is 2.05. The second-order valence-corrected chi connectivity index (χ2v) is 8.99. The number of carbonyl (C=O) groups is 2. The fraction of sp³-hybridized carbons (Fsp3) is 0.647. The van der Waals surface area contributed by atoms with Gasteiger partial charge in [-0.3, -0.25) is 28.3 Å². The second-order valence-electron chi connectivity index (χ2n) is 8.99. The van der Waals surface area contributed by atoms with E-state index in [1.54, 1.807) is 41.7 Å². The van der Waals surface area contributed by atoms with E-state index in [-0.39, 0.29) is 44.1 Å². The summed E-state index contributed by atoms with van der Waals surface area (Å²) in [5, 5.41) is 47.1. The average Bonchev–Trinajstić information content (AvgIpc) is 3.87. The van der Waals surface area contributed by atoms with Crippen LogP contribution in [0, 0.1) is 45.5 Å². The van der Waals surface area contributed by atoms with Crippen LogP contribution in [0.4, 0.5) is 4.70 Å². The Morgan fingerprint density at radius 2 is 0.918 bits per heavy atom. The fourth-order valence-electron chi connectivity index (χ4n) is 2.05. The third kappa shape index (κ3) is 113. The number of nitrogens with zero attached hydrogens (tertiary/aromatic N) is 18. The zero-order chi connectivity index (χ0) is 45.0. The van der Waals surface area contributed by atoms with Gasteiger partial charge in [0.2, 0.25) is 0 Å². The molecule has 0 amide bonds. The van der Waals surface area contributed by atoms with E-state index in [1.807, 2.05) is 46.3 Å². The number of aliphatic carboxylic acids is 2. The third-order valence-corrected chi connectivity index (χ3v) is 3.70. The third-order valence-electron chi connectivity index (χ3n) is 3.70. The summed E-state index contributed by atoms with van der Waals surface area (Å²) in [5.74, 6) is 2.83. The molecule has 357 valence electrons. The molecule has 0 aliphatic rings. The molecule has 0 aliphatic heterocycles. The molecule has 1 radical (unpaired) electrons. The van der Waals surface area contributed by atoms with Crippen LogP contribution in [0.2, 0.25) is 0 Å². The first kappa shape index (κ1) is 86.5. The van der Waals surface area contributed by atoms with Crippen molar-refractivity contribution in [3.63, 3.8) is 0 Å². The van der Waals surface area contributed by atoms with Crippen molar-refractivity contribution in [3.8, 4) is 24.7 Å². The van der Waals surface area contributed by atoms with Gasteiger partial charge in [0.25, 0.3) is 11.9 Å². The van der Waals surface area contributed by atoms with Gasteiger partial charge in [-0.25, -0.2) is 0 Å². The summed E-state index contributed by atoms with van der Waals surface area (Å²) in [7, 11) is 0. The van der Waals surface area contributed by atoms with Gasteiger partial charge in [-0.15, -0.1) is 40.0 Å². The first-order chi connectivity index (χ1) is 26.5. The van der Waals surface area contributed by atoms with Crippen molar-refractivity contribution < 1.29 is 41.6 Å². The van der Waals surface area contributed by atoms with E-state index in [0.29, 0.717) is 39.3 Å². The van der Waals surface area contributed by atoms with Gasteiger partial charge in [-0.05, 0) is 64.7 Å². The van der Waals surface area contributed by atoms with E-state index in [1.165, 1.54) is 0 Å². The van der Waals surface area contributed by atoms with Crippen molar-refractivity contribution in [2.24, 2.45) is 32.5 Å². The van der Waals surface area contributed by atoms with Gasteiger partial charge in [-0.2, -0.15) is 0 Å². The van der Waals surface area contributed by atoms with Crippen LogP contribution in [0.1, 0.15) is 87.8 Å². The van der Waals surface area contributed by atoms with Crippen LogP contribution in [0.25, 0.3) is 31.3 Å². The number of rotatable bonds is 9. The largest absolute Gasteiger partial charge is 0.481 e. The number of hydrogen-bond acceptors (Lipinski definition) is 14. The van der Waals surface area contributed by atoms with Crippen LogP contribution in [0.15, 0.2) is 33.9 Å². The molecule has 3 heterocycles. The van der Waals surface area contributed by atoms with Crippen LogP contribution >= 0.6 is 0 Å². The zero-order valence-electron chi connectivity index (χ0n) is 35.0. The summed E-state index contributed by atoms with van der Waals surface area (Å²) >= 11 is 0.